The molecule has 1 amide bonds. The summed E-state index contributed by atoms with van der Waals surface area (Å²) in [7, 11) is 0. The molecule has 0 unspecified atom stereocenters. The van der Waals surface area contributed by atoms with Crippen LogP contribution in [0.1, 0.15) is 29.6 Å². The van der Waals surface area contributed by atoms with Gasteiger partial charge in [0.15, 0.2) is 0 Å². The van der Waals surface area contributed by atoms with Crippen LogP contribution in [0.25, 0.3) is 31.9 Å². The highest BCUT2D eigenvalue weighted by Crippen LogP contribution is 2.35. The minimum Gasteiger partial charge on any atom is -0.383 e. The number of hydrogen-bond donors (Lipinski definition) is 2. The predicted molar refractivity (Wildman–Crippen MR) is 135 cm³/mol. The lowest BCUT2D eigenvalue weighted by molar-refractivity contribution is 0.0952. The fourth-order valence-electron chi connectivity index (χ4n) is 4.24. The van der Waals surface area contributed by atoms with Crippen LogP contribution >= 0.6 is 11.3 Å². The van der Waals surface area contributed by atoms with E-state index in [4.69, 9.17) is 10.7 Å². The molecule has 1 aliphatic heterocycles. The number of pyridine rings is 1. The molecule has 7 heteroatoms. The molecule has 0 radical (unpaired) electrons. The zero-order chi connectivity index (χ0) is 22.6. The molecule has 33 heavy (non-hydrogen) atoms. The van der Waals surface area contributed by atoms with Crippen molar-refractivity contribution in [2.75, 3.05) is 31.9 Å². The molecule has 0 spiro atoms. The number of hydrogen-bond acceptors (Lipinski definition) is 6. The van der Waals surface area contributed by atoms with Crippen LogP contribution in [0.2, 0.25) is 0 Å². The van der Waals surface area contributed by atoms with Gasteiger partial charge in [-0.1, -0.05) is 24.3 Å². The standard InChI is InChI=1S/C26H27N5OS/c27-24-21(26-30-22-9-1-2-10-23(22)33-26)16-20(17-29-24)18-7-5-8-19(15-18)25(32)28-11-6-14-31-12-3-4-13-31/h1-2,5,7-10,15-17H,3-4,6,11-14H2,(H2,27,29)(H,28,32). The number of nitrogens with two attached hydrogens (primary N) is 1. The first-order valence-electron chi connectivity index (χ1n) is 11.4. The van der Waals surface area contributed by atoms with Crippen LogP contribution in [0.4, 0.5) is 5.82 Å². The Labute approximate surface area is 197 Å². The summed E-state index contributed by atoms with van der Waals surface area (Å²) in [5.74, 6) is 0.401. The van der Waals surface area contributed by atoms with Crippen LogP contribution < -0.4 is 11.1 Å². The first-order valence-corrected chi connectivity index (χ1v) is 12.2. The van der Waals surface area contributed by atoms with Gasteiger partial charge in [0.2, 0.25) is 0 Å². The van der Waals surface area contributed by atoms with Crippen LogP contribution in [-0.2, 0) is 0 Å². The molecule has 1 fully saturated rings. The van der Waals surface area contributed by atoms with Crippen molar-refractivity contribution in [3.63, 3.8) is 0 Å². The number of nitrogens with one attached hydrogen (secondary N) is 1. The minimum atomic E-state index is -0.0481. The molecule has 1 saturated heterocycles. The number of carbonyl (C=O) groups is 1. The molecule has 2 aromatic carbocycles. The van der Waals surface area contributed by atoms with Crippen LogP contribution in [0.5, 0.6) is 0 Å². The predicted octanol–water partition coefficient (Wildman–Crippen LogP) is 4.82. The SMILES string of the molecule is Nc1ncc(-c2cccc(C(=O)NCCCN3CCCC3)c2)cc1-c1nc2ccccc2s1. The fraction of sp³-hybridized carbons (Fsp3) is 0.269. The monoisotopic (exact) mass is 457 g/mol. The molecule has 3 N–H and O–H groups in total. The number of nitrogens with zero attached hydrogens (tertiary/aromatic N) is 3. The van der Waals surface area contributed by atoms with Crippen molar-refractivity contribution in [3.8, 4) is 21.7 Å². The average Bonchev–Trinajstić information content (AvgIpc) is 3.52. The number of nitrogen functional groups attached to an aromatic ring is 1. The summed E-state index contributed by atoms with van der Waals surface area (Å²) < 4.78 is 1.11. The molecule has 0 aliphatic carbocycles. The van der Waals surface area contributed by atoms with E-state index in [0.717, 1.165) is 44.9 Å². The molecular weight excluding hydrogens is 430 g/mol. The summed E-state index contributed by atoms with van der Waals surface area (Å²) in [6.45, 7) is 4.10. The van der Waals surface area contributed by atoms with Gasteiger partial charge in [0.05, 0.1) is 15.8 Å². The maximum absolute atomic E-state index is 12.7. The van der Waals surface area contributed by atoms with E-state index in [1.807, 2.05) is 48.5 Å². The molecular formula is C26H27N5OS. The third kappa shape index (κ3) is 4.89. The molecule has 168 valence electrons. The van der Waals surface area contributed by atoms with E-state index >= 15 is 0 Å². The van der Waals surface area contributed by atoms with Gasteiger partial charge in [0, 0.05) is 23.9 Å². The number of rotatable bonds is 7. The number of amides is 1. The average molecular weight is 458 g/mol. The van der Waals surface area contributed by atoms with E-state index in [2.05, 4.69) is 21.3 Å². The van der Waals surface area contributed by atoms with Gasteiger partial charge in [-0.3, -0.25) is 4.79 Å². The Balaban J connectivity index is 1.31. The topological polar surface area (TPSA) is 84.1 Å². The Kier molecular flexibility index (Phi) is 6.32. The van der Waals surface area contributed by atoms with Crippen LogP contribution in [0.3, 0.4) is 0 Å². The van der Waals surface area contributed by atoms with E-state index in [-0.39, 0.29) is 5.91 Å². The lowest BCUT2D eigenvalue weighted by Crippen LogP contribution is -2.28. The van der Waals surface area contributed by atoms with Crippen molar-refractivity contribution in [2.45, 2.75) is 19.3 Å². The highest BCUT2D eigenvalue weighted by atomic mass is 32.1. The molecule has 2 aromatic heterocycles. The second-order valence-electron chi connectivity index (χ2n) is 8.38. The van der Waals surface area contributed by atoms with E-state index in [1.165, 1.54) is 25.9 Å². The number of anilines is 1. The van der Waals surface area contributed by atoms with Gasteiger partial charge < -0.3 is 16.0 Å². The highest BCUT2D eigenvalue weighted by Gasteiger charge is 2.14. The second kappa shape index (κ2) is 9.68. The van der Waals surface area contributed by atoms with Crippen molar-refractivity contribution in [2.24, 2.45) is 0 Å². The van der Waals surface area contributed by atoms with Crippen molar-refractivity contribution in [1.82, 2.24) is 20.2 Å². The van der Waals surface area contributed by atoms with Gasteiger partial charge in [-0.05, 0) is 74.8 Å². The zero-order valence-corrected chi connectivity index (χ0v) is 19.3. The Bertz CT molecular complexity index is 1250. The molecule has 0 bridgehead atoms. The highest BCUT2D eigenvalue weighted by molar-refractivity contribution is 7.21. The van der Waals surface area contributed by atoms with Crippen molar-refractivity contribution < 1.29 is 4.79 Å². The summed E-state index contributed by atoms with van der Waals surface area (Å²) in [5.41, 5.74) is 10.4. The number of benzene rings is 2. The Morgan fingerprint density at radius 3 is 2.76 bits per heavy atom. The molecule has 0 saturated carbocycles. The zero-order valence-electron chi connectivity index (χ0n) is 18.5. The molecule has 4 aromatic rings. The number of carbonyl (C=O) groups excluding carboxylic acids is 1. The van der Waals surface area contributed by atoms with Gasteiger partial charge >= 0.3 is 0 Å². The Morgan fingerprint density at radius 1 is 1.06 bits per heavy atom. The first-order chi connectivity index (χ1) is 16.2. The lowest BCUT2D eigenvalue weighted by Gasteiger charge is -2.14. The number of thiazole rings is 1. The largest absolute Gasteiger partial charge is 0.383 e. The molecule has 3 heterocycles. The minimum absolute atomic E-state index is 0.0481. The third-order valence-electron chi connectivity index (χ3n) is 6.04. The summed E-state index contributed by atoms with van der Waals surface area (Å²) in [6, 6.07) is 17.7. The normalized spacial score (nSPS) is 14.1. The smallest absolute Gasteiger partial charge is 0.251 e. The Hall–Kier alpha value is -3.29. The number of aromatic nitrogens is 2. The molecule has 0 atom stereocenters. The van der Waals surface area contributed by atoms with E-state index in [9.17, 15) is 4.79 Å². The van der Waals surface area contributed by atoms with Crippen LogP contribution in [0.15, 0.2) is 60.8 Å². The number of para-hydroxylation sites is 1. The van der Waals surface area contributed by atoms with Gasteiger partial charge in [0.25, 0.3) is 5.91 Å². The summed E-state index contributed by atoms with van der Waals surface area (Å²) in [6.07, 6.45) is 5.30. The third-order valence-corrected chi connectivity index (χ3v) is 7.11. The van der Waals surface area contributed by atoms with Gasteiger partial charge in [-0.15, -0.1) is 11.3 Å². The van der Waals surface area contributed by atoms with Crippen molar-refractivity contribution in [1.29, 1.82) is 0 Å². The molecule has 1 aliphatic rings. The maximum atomic E-state index is 12.7. The van der Waals surface area contributed by atoms with Gasteiger partial charge in [0.1, 0.15) is 10.8 Å². The first kappa shape index (κ1) is 21.6. The fourth-order valence-corrected chi connectivity index (χ4v) is 5.24. The van der Waals surface area contributed by atoms with Gasteiger partial charge in [-0.2, -0.15) is 0 Å². The lowest BCUT2D eigenvalue weighted by atomic mass is 10.0. The van der Waals surface area contributed by atoms with Gasteiger partial charge in [-0.25, -0.2) is 9.97 Å². The van der Waals surface area contributed by atoms with Crippen LogP contribution in [0, 0.1) is 0 Å². The van der Waals surface area contributed by atoms with E-state index in [1.54, 1.807) is 17.5 Å². The molecule has 5 rings (SSSR count). The van der Waals surface area contributed by atoms with Crippen molar-refractivity contribution in [3.05, 3.63) is 66.4 Å². The van der Waals surface area contributed by atoms with Crippen molar-refractivity contribution >= 4 is 33.3 Å². The number of likely N-dealkylation sites (tertiary alicyclic amines) is 1. The second-order valence-corrected chi connectivity index (χ2v) is 9.41. The summed E-state index contributed by atoms with van der Waals surface area (Å²) in [5, 5.41) is 3.90. The maximum Gasteiger partial charge on any atom is 0.251 e. The Morgan fingerprint density at radius 2 is 1.91 bits per heavy atom. The van der Waals surface area contributed by atoms with E-state index < -0.39 is 0 Å². The molecule has 6 nitrogen and oxygen atoms in total. The summed E-state index contributed by atoms with van der Waals surface area (Å²) in [4.78, 5) is 24.3. The number of fused-ring (bicyclic) bond motifs is 1. The summed E-state index contributed by atoms with van der Waals surface area (Å²) >= 11 is 1.60. The van der Waals surface area contributed by atoms with E-state index in [0.29, 0.717) is 17.9 Å². The van der Waals surface area contributed by atoms with Crippen LogP contribution in [-0.4, -0.2) is 47.0 Å². The quantitative estimate of drug-likeness (QED) is 0.389.